The smallest absolute Gasteiger partial charge is 0.244 e. The number of nitrogens with zero attached hydrogens (tertiary/aromatic N) is 3. The highest BCUT2D eigenvalue weighted by Crippen LogP contribution is 2.23. The second kappa shape index (κ2) is 8.94. The fourth-order valence-electron chi connectivity index (χ4n) is 3.17. The van der Waals surface area contributed by atoms with Crippen LogP contribution in [-0.4, -0.2) is 63.4 Å². The minimum atomic E-state index is -3.78. The molecule has 29 heavy (non-hydrogen) atoms. The number of rotatable bonds is 6. The van der Waals surface area contributed by atoms with Gasteiger partial charge in [-0.2, -0.15) is 9.57 Å². The molecular weight excluding hydrogens is 392 g/mol. The molecule has 0 aromatic heterocycles. The van der Waals surface area contributed by atoms with Crippen LogP contribution >= 0.6 is 0 Å². The van der Waals surface area contributed by atoms with E-state index in [9.17, 15) is 18.5 Å². The van der Waals surface area contributed by atoms with E-state index in [-0.39, 0.29) is 36.0 Å². The van der Waals surface area contributed by atoms with Gasteiger partial charge in [0.2, 0.25) is 15.9 Å². The minimum absolute atomic E-state index is 0.000107. The quantitative estimate of drug-likeness (QED) is 0.769. The van der Waals surface area contributed by atoms with Crippen molar-refractivity contribution in [2.45, 2.75) is 4.90 Å². The molecule has 1 fully saturated rings. The van der Waals surface area contributed by atoms with Crippen LogP contribution in [0.15, 0.2) is 53.4 Å². The summed E-state index contributed by atoms with van der Waals surface area (Å²) >= 11 is 0. The third-order valence-electron chi connectivity index (χ3n) is 4.75. The molecule has 0 spiro atoms. The van der Waals surface area contributed by atoms with E-state index < -0.39 is 10.0 Å². The number of sulfonamides is 1. The van der Waals surface area contributed by atoms with Gasteiger partial charge in [0, 0.05) is 26.2 Å². The Bertz CT molecular complexity index is 1020. The Morgan fingerprint density at radius 1 is 1.10 bits per heavy atom. The number of hydrogen-bond acceptors (Lipinski definition) is 6. The number of piperazine rings is 1. The van der Waals surface area contributed by atoms with E-state index in [1.54, 1.807) is 30.2 Å². The fourth-order valence-corrected chi connectivity index (χ4v) is 4.74. The van der Waals surface area contributed by atoms with Gasteiger partial charge in [-0.15, -0.1) is 0 Å². The van der Waals surface area contributed by atoms with Crippen molar-refractivity contribution in [1.29, 1.82) is 5.26 Å². The molecule has 1 heterocycles. The van der Waals surface area contributed by atoms with Crippen molar-refractivity contribution < 1.29 is 17.9 Å². The van der Waals surface area contributed by atoms with Crippen molar-refractivity contribution in [2.24, 2.45) is 0 Å². The summed E-state index contributed by atoms with van der Waals surface area (Å²) in [5, 5.41) is 12.2. The first kappa shape index (κ1) is 20.6. The Balaban J connectivity index is 1.60. The lowest BCUT2D eigenvalue weighted by atomic mass is 10.2. The molecule has 0 bridgehead atoms. The van der Waals surface area contributed by atoms with Gasteiger partial charge in [-0.3, -0.25) is 4.79 Å². The van der Waals surface area contributed by atoms with Gasteiger partial charge in [-0.25, -0.2) is 8.42 Å². The highest BCUT2D eigenvalue weighted by molar-refractivity contribution is 7.89. The lowest BCUT2D eigenvalue weighted by Crippen LogP contribution is -2.51. The predicted octanol–water partition coefficient (Wildman–Crippen LogP) is 1.51. The Labute approximate surface area is 170 Å². The molecular formula is C20H22N4O4S. The standard InChI is InChI=1S/C20H22N4O4S/c1-28-18-8-4-3-7-17(18)22-15-20(25)23-10-12-24(13-11-23)29(26,27)19-9-5-2-6-16(19)14-21/h2-9,22H,10-13,15H2,1H3. The molecule has 8 nitrogen and oxygen atoms in total. The highest BCUT2D eigenvalue weighted by Gasteiger charge is 2.31. The molecule has 152 valence electrons. The second-order valence-corrected chi connectivity index (χ2v) is 8.35. The van der Waals surface area contributed by atoms with Crippen LogP contribution in [0.1, 0.15) is 5.56 Å². The van der Waals surface area contributed by atoms with Gasteiger partial charge in [-0.05, 0) is 24.3 Å². The van der Waals surface area contributed by atoms with E-state index in [1.165, 1.54) is 16.4 Å². The molecule has 9 heteroatoms. The zero-order chi connectivity index (χ0) is 20.9. The average Bonchev–Trinajstić information content (AvgIpc) is 2.77. The minimum Gasteiger partial charge on any atom is -0.495 e. The highest BCUT2D eigenvalue weighted by atomic mass is 32.2. The maximum Gasteiger partial charge on any atom is 0.244 e. The molecule has 0 atom stereocenters. The molecule has 1 saturated heterocycles. The van der Waals surface area contributed by atoms with Gasteiger partial charge in [0.25, 0.3) is 0 Å². The summed E-state index contributed by atoms with van der Waals surface area (Å²) in [6.45, 7) is 1.04. The molecule has 0 unspecified atom stereocenters. The number of para-hydroxylation sites is 2. The van der Waals surface area contributed by atoms with Crippen LogP contribution in [0.25, 0.3) is 0 Å². The number of anilines is 1. The number of amides is 1. The molecule has 1 aliphatic heterocycles. The van der Waals surface area contributed by atoms with Gasteiger partial charge in [0.15, 0.2) is 0 Å². The third-order valence-corrected chi connectivity index (χ3v) is 6.71. The number of carbonyl (C=O) groups excluding carboxylic acids is 1. The summed E-state index contributed by atoms with van der Waals surface area (Å²) < 4.78 is 32.3. The number of methoxy groups -OCH3 is 1. The maximum absolute atomic E-state index is 12.9. The lowest BCUT2D eigenvalue weighted by molar-refractivity contribution is -0.130. The van der Waals surface area contributed by atoms with Crippen molar-refractivity contribution in [3.63, 3.8) is 0 Å². The molecule has 3 rings (SSSR count). The van der Waals surface area contributed by atoms with Crippen LogP contribution in [0.4, 0.5) is 5.69 Å². The van der Waals surface area contributed by atoms with Crippen LogP contribution in [-0.2, 0) is 14.8 Å². The summed E-state index contributed by atoms with van der Waals surface area (Å²) in [5.74, 6) is 0.526. The van der Waals surface area contributed by atoms with Crippen molar-refractivity contribution in [3.05, 3.63) is 54.1 Å². The van der Waals surface area contributed by atoms with Crippen LogP contribution in [0.5, 0.6) is 5.75 Å². The van der Waals surface area contributed by atoms with Crippen LogP contribution in [0.3, 0.4) is 0 Å². The van der Waals surface area contributed by atoms with Crippen molar-refractivity contribution >= 4 is 21.6 Å². The number of carbonyl (C=O) groups is 1. The number of benzene rings is 2. The second-order valence-electron chi connectivity index (χ2n) is 6.45. The third kappa shape index (κ3) is 4.50. The molecule has 0 saturated carbocycles. The van der Waals surface area contributed by atoms with Crippen LogP contribution in [0, 0.1) is 11.3 Å². The summed E-state index contributed by atoms with van der Waals surface area (Å²) in [4.78, 5) is 14.1. The number of nitriles is 1. The Hall–Kier alpha value is -3.09. The molecule has 1 amide bonds. The summed E-state index contributed by atoms with van der Waals surface area (Å²) in [6.07, 6.45) is 0. The normalized spacial score (nSPS) is 14.8. The van der Waals surface area contributed by atoms with E-state index >= 15 is 0 Å². The zero-order valence-electron chi connectivity index (χ0n) is 16.0. The first-order chi connectivity index (χ1) is 14.0. The largest absolute Gasteiger partial charge is 0.495 e. The molecule has 0 radical (unpaired) electrons. The SMILES string of the molecule is COc1ccccc1NCC(=O)N1CCN(S(=O)(=O)c2ccccc2C#N)CC1. The molecule has 0 aliphatic carbocycles. The summed E-state index contributed by atoms with van der Waals surface area (Å²) in [5.41, 5.74) is 0.838. The van der Waals surface area contributed by atoms with Crippen molar-refractivity contribution in [3.8, 4) is 11.8 Å². The zero-order valence-corrected chi connectivity index (χ0v) is 16.9. The number of ether oxygens (including phenoxy) is 1. The average molecular weight is 414 g/mol. The van der Waals surface area contributed by atoms with E-state index in [4.69, 9.17) is 4.74 Å². The van der Waals surface area contributed by atoms with Gasteiger partial charge in [0.05, 0.1) is 29.8 Å². The summed E-state index contributed by atoms with van der Waals surface area (Å²) in [7, 11) is -2.22. The Morgan fingerprint density at radius 3 is 2.45 bits per heavy atom. The van der Waals surface area contributed by atoms with Gasteiger partial charge in [-0.1, -0.05) is 24.3 Å². The van der Waals surface area contributed by atoms with E-state index in [2.05, 4.69) is 5.32 Å². The monoisotopic (exact) mass is 414 g/mol. The van der Waals surface area contributed by atoms with E-state index in [1.807, 2.05) is 24.3 Å². The van der Waals surface area contributed by atoms with E-state index in [0.29, 0.717) is 18.8 Å². The van der Waals surface area contributed by atoms with Gasteiger partial charge in [0.1, 0.15) is 11.8 Å². The Morgan fingerprint density at radius 2 is 1.76 bits per heavy atom. The number of hydrogen-bond donors (Lipinski definition) is 1. The molecule has 2 aromatic carbocycles. The number of nitrogens with one attached hydrogen (secondary N) is 1. The van der Waals surface area contributed by atoms with Gasteiger partial charge < -0.3 is 15.0 Å². The Kier molecular flexibility index (Phi) is 6.36. The van der Waals surface area contributed by atoms with Crippen LogP contribution in [0.2, 0.25) is 0 Å². The van der Waals surface area contributed by atoms with Crippen molar-refractivity contribution in [1.82, 2.24) is 9.21 Å². The van der Waals surface area contributed by atoms with E-state index in [0.717, 1.165) is 5.69 Å². The predicted molar refractivity (Wildman–Crippen MR) is 108 cm³/mol. The first-order valence-corrected chi connectivity index (χ1v) is 10.6. The first-order valence-electron chi connectivity index (χ1n) is 9.11. The molecule has 1 N–H and O–H groups in total. The van der Waals surface area contributed by atoms with Crippen molar-refractivity contribution in [2.75, 3.05) is 45.2 Å². The fraction of sp³-hybridized carbons (Fsp3) is 0.300. The summed E-state index contributed by atoms with van der Waals surface area (Å²) in [6, 6.07) is 15.4. The topological polar surface area (TPSA) is 103 Å². The molecule has 2 aromatic rings. The molecule has 1 aliphatic rings. The van der Waals surface area contributed by atoms with Crippen LogP contribution < -0.4 is 10.1 Å². The van der Waals surface area contributed by atoms with Gasteiger partial charge >= 0.3 is 0 Å². The maximum atomic E-state index is 12.9. The lowest BCUT2D eigenvalue weighted by Gasteiger charge is -2.34.